The van der Waals surface area contributed by atoms with Crippen molar-refractivity contribution in [2.75, 3.05) is 0 Å². The number of aliphatic hydroxyl groups is 1. The van der Waals surface area contributed by atoms with E-state index in [9.17, 15) is 9.90 Å². The molecule has 2 aromatic rings. The first-order valence-corrected chi connectivity index (χ1v) is 8.10. The molecule has 1 fully saturated rings. The van der Waals surface area contributed by atoms with E-state index < -0.39 is 11.6 Å². The fraction of sp³-hybridized carbons (Fsp3) is 0.368. The quantitative estimate of drug-likeness (QED) is 0.686. The van der Waals surface area contributed by atoms with E-state index in [1.807, 2.05) is 31.2 Å². The third-order valence-electron chi connectivity index (χ3n) is 3.87. The molecule has 1 aliphatic rings. The highest BCUT2D eigenvalue weighted by Gasteiger charge is 2.30. The van der Waals surface area contributed by atoms with Crippen LogP contribution in [0.2, 0.25) is 0 Å². The van der Waals surface area contributed by atoms with E-state index in [1.165, 1.54) is 17.8 Å². The van der Waals surface area contributed by atoms with Crippen molar-refractivity contribution in [1.29, 1.82) is 0 Å². The van der Waals surface area contributed by atoms with Crippen LogP contribution in [-0.4, -0.2) is 33.0 Å². The highest BCUT2D eigenvalue weighted by molar-refractivity contribution is 5.83. The number of hydrogen-bond acceptors (Lipinski definition) is 5. The molecule has 0 radical (unpaired) electrons. The molecule has 0 aliphatic heterocycles. The van der Waals surface area contributed by atoms with Crippen molar-refractivity contribution in [1.82, 2.24) is 5.16 Å². The number of nitrogens with two attached hydrogens (primary N) is 1. The molecule has 6 heteroatoms. The maximum atomic E-state index is 10.3. The smallest absolute Gasteiger partial charge is 0.374 e. The zero-order valence-corrected chi connectivity index (χ0v) is 14.1. The van der Waals surface area contributed by atoms with E-state index >= 15 is 0 Å². The Kier molecular flexibility index (Phi) is 6.34. The van der Waals surface area contributed by atoms with Crippen LogP contribution in [-0.2, 0) is 0 Å². The number of aromatic nitrogens is 1. The number of carboxylic acid groups (broad SMARTS) is 1. The fourth-order valence-electron chi connectivity index (χ4n) is 2.65. The summed E-state index contributed by atoms with van der Waals surface area (Å²) >= 11 is 0. The van der Waals surface area contributed by atoms with Gasteiger partial charge in [0.25, 0.3) is 0 Å². The lowest BCUT2D eigenvalue weighted by atomic mass is 9.82. The monoisotopic (exact) mass is 342 g/mol. The Bertz CT molecular complexity index is 761. The molecule has 0 amide bonds. The van der Waals surface area contributed by atoms with Gasteiger partial charge in [-0.1, -0.05) is 29.1 Å². The molecule has 25 heavy (non-hydrogen) atoms. The maximum Gasteiger partial charge on any atom is 0.374 e. The fourth-order valence-corrected chi connectivity index (χ4v) is 2.65. The molecule has 1 heterocycles. The standard InChI is InChI=1S/C15H19NO.C4H3NO3/c1-12-4-2-5-13(10-12)7-9-15(17)8-3-6-14(16)11-15;6-4(7)3-1-2-5-8-3/h2,4-5,10,14,17H,3,6,8,11,16H2,1H3;1-2H,(H,6,7)/t14-,15+;/m1./s1. The van der Waals surface area contributed by atoms with Gasteiger partial charge in [-0.25, -0.2) is 4.79 Å². The maximum absolute atomic E-state index is 10.3. The molecule has 1 aromatic heterocycles. The number of aromatic carboxylic acids is 1. The molecule has 1 aliphatic carbocycles. The molecule has 0 spiro atoms. The highest BCUT2D eigenvalue weighted by Crippen LogP contribution is 2.26. The second kappa shape index (κ2) is 8.47. The van der Waals surface area contributed by atoms with Gasteiger partial charge in [0.2, 0.25) is 5.76 Å². The average Bonchev–Trinajstić information content (AvgIpc) is 3.08. The molecule has 0 unspecified atom stereocenters. The van der Waals surface area contributed by atoms with E-state index in [0.29, 0.717) is 6.42 Å². The van der Waals surface area contributed by atoms with Crippen molar-refractivity contribution < 1.29 is 19.5 Å². The summed E-state index contributed by atoms with van der Waals surface area (Å²) in [5.74, 6) is 4.83. The number of aryl methyl sites for hydroxylation is 1. The van der Waals surface area contributed by atoms with Crippen LogP contribution in [0.4, 0.5) is 0 Å². The second-order valence-electron chi connectivity index (χ2n) is 6.19. The Morgan fingerprint density at radius 3 is 2.80 bits per heavy atom. The van der Waals surface area contributed by atoms with Gasteiger partial charge in [-0.3, -0.25) is 0 Å². The first-order chi connectivity index (χ1) is 11.9. The first kappa shape index (κ1) is 18.7. The van der Waals surface area contributed by atoms with Crippen molar-refractivity contribution in [3.05, 3.63) is 53.4 Å². The normalized spacial score (nSPS) is 22.1. The van der Waals surface area contributed by atoms with E-state index in [1.54, 1.807) is 0 Å². The van der Waals surface area contributed by atoms with E-state index in [-0.39, 0.29) is 11.8 Å². The zero-order chi connectivity index (χ0) is 18.3. The lowest BCUT2D eigenvalue weighted by Gasteiger charge is -2.30. The van der Waals surface area contributed by atoms with Gasteiger partial charge in [-0.05, 0) is 43.9 Å². The molecule has 4 N–H and O–H groups in total. The average molecular weight is 342 g/mol. The largest absolute Gasteiger partial charge is 0.475 e. The lowest BCUT2D eigenvalue weighted by molar-refractivity contribution is 0.0532. The molecule has 2 atom stereocenters. The molecule has 6 nitrogen and oxygen atoms in total. The molecule has 3 rings (SSSR count). The van der Waals surface area contributed by atoms with Gasteiger partial charge in [-0.15, -0.1) is 0 Å². The van der Waals surface area contributed by atoms with Crippen LogP contribution in [0.15, 0.2) is 41.1 Å². The van der Waals surface area contributed by atoms with Crippen molar-refractivity contribution in [2.24, 2.45) is 5.73 Å². The van der Waals surface area contributed by atoms with Crippen LogP contribution in [0, 0.1) is 18.8 Å². The SMILES string of the molecule is Cc1cccc(C#C[C@@]2(O)CCC[C@@H](N)C2)c1.O=C(O)c1ccno1. The number of carbonyl (C=O) groups is 1. The number of carboxylic acids is 1. The molecular formula is C19H22N2O4. The van der Waals surface area contributed by atoms with Gasteiger partial charge in [0.05, 0.1) is 6.20 Å². The van der Waals surface area contributed by atoms with Crippen molar-refractivity contribution in [3.63, 3.8) is 0 Å². The van der Waals surface area contributed by atoms with E-state index in [2.05, 4.69) is 21.5 Å². The predicted octanol–water partition coefficient (Wildman–Crippen LogP) is 2.35. The van der Waals surface area contributed by atoms with Crippen LogP contribution in [0.25, 0.3) is 0 Å². The molecular weight excluding hydrogens is 320 g/mol. The molecule has 132 valence electrons. The summed E-state index contributed by atoms with van der Waals surface area (Å²) in [6, 6.07) is 9.38. The summed E-state index contributed by atoms with van der Waals surface area (Å²) in [5, 5.41) is 21.6. The van der Waals surface area contributed by atoms with Gasteiger partial charge < -0.3 is 20.5 Å². The minimum Gasteiger partial charge on any atom is -0.475 e. The van der Waals surface area contributed by atoms with Crippen LogP contribution in [0.3, 0.4) is 0 Å². The van der Waals surface area contributed by atoms with Gasteiger partial charge in [-0.2, -0.15) is 0 Å². The third-order valence-corrected chi connectivity index (χ3v) is 3.87. The van der Waals surface area contributed by atoms with E-state index in [0.717, 1.165) is 24.8 Å². The minimum atomic E-state index is -1.09. The number of benzene rings is 1. The molecule has 1 saturated carbocycles. The van der Waals surface area contributed by atoms with E-state index in [4.69, 9.17) is 10.8 Å². The summed E-state index contributed by atoms with van der Waals surface area (Å²) in [5.41, 5.74) is 7.13. The van der Waals surface area contributed by atoms with Gasteiger partial charge in [0, 0.05) is 24.1 Å². The minimum absolute atomic E-state index is 0.0839. The van der Waals surface area contributed by atoms with Crippen molar-refractivity contribution in [2.45, 2.75) is 44.2 Å². The Hall–Kier alpha value is -2.62. The molecule has 0 bridgehead atoms. The second-order valence-corrected chi connectivity index (χ2v) is 6.19. The summed E-state index contributed by atoms with van der Waals surface area (Å²) in [4.78, 5) is 9.93. The number of hydrogen-bond donors (Lipinski definition) is 3. The number of nitrogens with zero attached hydrogens (tertiary/aromatic N) is 1. The predicted molar refractivity (Wildman–Crippen MR) is 92.9 cm³/mol. The van der Waals surface area contributed by atoms with Gasteiger partial charge in [0.1, 0.15) is 5.60 Å². The first-order valence-electron chi connectivity index (χ1n) is 8.10. The van der Waals surface area contributed by atoms with Gasteiger partial charge >= 0.3 is 5.97 Å². The molecule has 0 saturated heterocycles. The van der Waals surface area contributed by atoms with Crippen molar-refractivity contribution >= 4 is 5.97 Å². The summed E-state index contributed by atoms with van der Waals surface area (Å²) < 4.78 is 4.25. The lowest BCUT2D eigenvalue weighted by Crippen LogP contribution is -2.40. The number of rotatable bonds is 1. The van der Waals surface area contributed by atoms with Crippen LogP contribution in [0.1, 0.15) is 47.4 Å². The van der Waals surface area contributed by atoms with Crippen LogP contribution >= 0.6 is 0 Å². The van der Waals surface area contributed by atoms with Gasteiger partial charge in [0.15, 0.2) is 0 Å². The Labute approximate surface area is 146 Å². The molecule has 1 aromatic carbocycles. The van der Waals surface area contributed by atoms with Crippen LogP contribution in [0.5, 0.6) is 0 Å². The Morgan fingerprint density at radius 2 is 2.24 bits per heavy atom. The van der Waals surface area contributed by atoms with Crippen molar-refractivity contribution in [3.8, 4) is 11.8 Å². The zero-order valence-electron chi connectivity index (χ0n) is 14.1. The Morgan fingerprint density at radius 1 is 1.44 bits per heavy atom. The topological polar surface area (TPSA) is 110 Å². The summed E-state index contributed by atoms with van der Waals surface area (Å²) in [6.45, 7) is 2.04. The van der Waals surface area contributed by atoms with Crippen LogP contribution < -0.4 is 5.73 Å². The Balaban J connectivity index is 0.000000236. The highest BCUT2D eigenvalue weighted by atomic mass is 16.5. The third kappa shape index (κ3) is 6.07. The summed E-state index contributed by atoms with van der Waals surface area (Å²) in [7, 11) is 0. The summed E-state index contributed by atoms with van der Waals surface area (Å²) in [6.07, 6.45) is 4.56.